The number of fused-ring (bicyclic) bond motifs is 1. The lowest BCUT2D eigenvalue weighted by Crippen LogP contribution is -2.24. The molecule has 2 aromatic heterocycles. The smallest absolute Gasteiger partial charge is 0.280 e. The standard InChI is InChI=1S/C10H16N5O5P/c1-21(18,19)5-20-6(3-16)2-15-4-12-7-8(15)13-10(11)14-9(7)17/h4,6,16H,2-3,5H2,1H3,(H,18,19)(H3,11,13,14,17)/t6-/m0/s1. The van der Waals surface area contributed by atoms with Gasteiger partial charge >= 0.3 is 0 Å². The van der Waals surface area contributed by atoms with Crippen LogP contribution in [0.25, 0.3) is 11.2 Å². The molecule has 0 spiro atoms. The van der Waals surface area contributed by atoms with E-state index in [2.05, 4.69) is 15.0 Å². The Morgan fingerprint density at radius 1 is 1.62 bits per heavy atom. The second-order valence-corrected chi connectivity index (χ2v) is 7.03. The number of hydrogen-bond acceptors (Lipinski definition) is 7. The highest BCUT2D eigenvalue weighted by Gasteiger charge is 2.18. The molecule has 2 aromatic rings. The number of aliphatic hydroxyl groups excluding tert-OH is 1. The predicted octanol–water partition coefficient (Wildman–Crippen LogP) is -1.06. The number of nitrogen functional groups attached to an aromatic ring is 1. The van der Waals surface area contributed by atoms with Crippen molar-refractivity contribution in [1.29, 1.82) is 0 Å². The number of ether oxygens (including phenoxy) is 1. The van der Waals surface area contributed by atoms with E-state index in [9.17, 15) is 19.4 Å². The third-order valence-corrected chi connectivity index (χ3v) is 3.27. The number of aromatic nitrogens is 4. The number of hydrogen-bond donors (Lipinski definition) is 4. The first kappa shape index (κ1) is 15.6. The molecule has 0 saturated heterocycles. The molecule has 0 aliphatic heterocycles. The number of imidazole rings is 1. The van der Waals surface area contributed by atoms with Crippen LogP contribution >= 0.6 is 7.37 Å². The average Bonchev–Trinajstić information content (AvgIpc) is 2.76. The van der Waals surface area contributed by atoms with Gasteiger partial charge in [-0.1, -0.05) is 0 Å². The van der Waals surface area contributed by atoms with E-state index in [1.807, 2.05) is 0 Å². The molecule has 0 fully saturated rings. The van der Waals surface area contributed by atoms with Crippen molar-refractivity contribution < 1.29 is 19.3 Å². The van der Waals surface area contributed by atoms with Gasteiger partial charge in [0, 0.05) is 6.66 Å². The number of nitrogens with two attached hydrogens (primary N) is 1. The van der Waals surface area contributed by atoms with Gasteiger partial charge in [-0.25, -0.2) is 4.98 Å². The van der Waals surface area contributed by atoms with Gasteiger partial charge in [0.1, 0.15) is 6.35 Å². The van der Waals surface area contributed by atoms with Gasteiger partial charge in [-0.3, -0.25) is 14.3 Å². The minimum atomic E-state index is -3.34. The maximum absolute atomic E-state index is 11.6. The van der Waals surface area contributed by atoms with Crippen LogP contribution in [0, 0.1) is 0 Å². The maximum atomic E-state index is 11.6. The van der Waals surface area contributed by atoms with Crippen LogP contribution in [0.3, 0.4) is 0 Å². The lowest BCUT2D eigenvalue weighted by atomic mass is 10.3. The summed E-state index contributed by atoms with van der Waals surface area (Å²) in [6.45, 7) is 0.914. The summed E-state index contributed by atoms with van der Waals surface area (Å²) >= 11 is 0. The Kier molecular flexibility index (Phi) is 4.43. The second-order valence-electron chi connectivity index (χ2n) is 4.67. The summed E-state index contributed by atoms with van der Waals surface area (Å²) in [6.07, 6.45) is 0.259. The molecule has 2 atom stereocenters. The molecular formula is C10H16N5O5P. The lowest BCUT2D eigenvalue weighted by Gasteiger charge is -2.17. The van der Waals surface area contributed by atoms with E-state index < -0.39 is 19.0 Å². The summed E-state index contributed by atoms with van der Waals surface area (Å²) in [5.41, 5.74) is 5.37. The van der Waals surface area contributed by atoms with Gasteiger partial charge in [-0.15, -0.1) is 0 Å². The van der Waals surface area contributed by atoms with Gasteiger partial charge in [-0.2, -0.15) is 4.98 Å². The van der Waals surface area contributed by atoms with Gasteiger partial charge in [0.2, 0.25) is 13.3 Å². The molecule has 11 heteroatoms. The monoisotopic (exact) mass is 317 g/mol. The van der Waals surface area contributed by atoms with Crippen LogP contribution in [-0.4, -0.2) is 55.2 Å². The molecule has 0 aliphatic carbocycles. The number of H-pyrrole nitrogens is 1. The normalized spacial score (nSPS) is 16.0. The molecule has 116 valence electrons. The van der Waals surface area contributed by atoms with E-state index in [1.54, 1.807) is 0 Å². The van der Waals surface area contributed by atoms with Gasteiger partial charge < -0.3 is 25.0 Å². The molecule has 2 heterocycles. The first-order valence-electron chi connectivity index (χ1n) is 6.02. The lowest BCUT2D eigenvalue weighted by molar-refractivity contribution is 0.0239. The third kappa shape index (κ3) is 3.88. The number of aliphatic hydroxyl groups is 1. The first-order chi connectivity index (χ1) is 9.80. The van der Waals surface area contributed by atoms with Crippen LogP contribution in [0.4, 0.5) is 5.95 Å². The van der Waals surface area contributed by atoms with Crippen molar-refractivity contribution in [2.24, 2.45) is 0 Å². The van der Waals surface area contributed by atoms with Crippen LogP contribution in [-0.2, 0) is 15.8 Å². The molecule has 0 aliphatic rings. The Bertz CT molecular complexity index is 735. The molecule has 10 nitrogen and oxygen atoms in total. The van der Waals surface area contributed by atoms with Crippen molar-refractivity contribution >= 4 is 24.5 Å². The summed E-state index contributed by atoms with van der Waals surface area (Å²) < 4.78 is 17.9. The summed E-state index contributed by atoms with van der Waals surface area (Å²) in [6, 6.07) is 0. The average molecular weight is 317 g/mol. The Balaban J connectivity index is 2.22. The predicted molar refractivity (Wildman–Crippen MR) is 75.1 cm³/mol. The number of nitrogens with one attached hydrogen (secondary N) is 1. The molecule has 2 rings (SSSR count). The highest BCUT2D eigenvalue weighted by molar-refractivity contribution is 7.56. The zero-order chi connectivity index (χ0) is 15.6. The van der Waals surface area contributed by atoms with Crippen LogP contribution < -0.4 is 11.3 Å². The Morgan fingerprint density at radius 3 is 2.95 bits per heavy atom. The minimum absolute atomic E-state index is 0.0517. The van der Waals surface area contributed by atoms with E-state index in [0.29, 0.717) is 0 Å². The highest BCUT2D eigenvalue weighted by Crippen LogP contribution is 2.35. The molecule has 0 saturated carbocycles. The molecule has 21 heavy (non-hydrogen) atoms. The number of anilines is 1. The molecule has 0 radical (unpaired) electrons. The Labute approximate surface area is 119 Å². The van der Waals surface area contributed by atoms with Crippen molar-refractivity contribution in [3.05, 3.63) is 16.7 Å². The Morgan fingerprint density at radius 2 is 2.33 bits per heavy atom. The molecular weight excluding hydrogens is 301 g/mol. The van der Waals surface area contributed by atoms with Gasteiger partial charge in [0.05, 0.1) is 25.6 Å². The zero-order valence-electron chi connectivity index (χ0n) is 11.3. The maximum Gasteiger partial charge on any atom is 0.280 e. The van der Waals surface area contributed by atoms with Crippen LogP contribution in [0.5, 0.6) is 0 Å². The van der Waals surface area contributed by atoms with Gasteiger partial charge in [0.25, 0.3) is 5.56 Å². The van der Waals surface area contributed by atoms with Crippen LogP contribution in [0.15, 0.2) is 11.1 Å². The van der Waals surface area contributed by atoms with Crippen molar-refractivity contribution in [2.45, 2.75) is 12.6 Å². The van der Waals surface area contributed by atoms with Crippen molar-refractivity contribution in [3.63, 3.8) is 0 Å². The molecule has 5 N–H and O–H groups in total. The van der Waals surface area contributed by atoms with E-state index >= 15 is 0 Å². The molecule has 1 unspecified atom stereocenters. The number of rotatable bonds is 6. The third-order valence-electron chi connectivity index (χ3n) is 2.65. The molecule has 0 bridgehead atoms. The van der Waals surface area contributed by atoms with Crippen LogP contribution in [0.2, 0.25) is 0 Å². The minimum Gasteiger partial charge on any atom is -0.394 e. The largest absolute Gasteiger partial charge is 0.394 e. The van der Waals surface area contributed by atoms with E-state index in [0.717, 1.165) is 6.66 Å². The van der Waals surface area contributed by atoms with Crippen LogP contribution in [0.1, 0.15) is 0 Å². The van der Waals surface area contributed by atoms with E-state index in [1.165, 1.54) is 10.9 Å². The van der Waals surface area contributed by atoms with E-state index in [4.69, 9.17) is 10.5 Å². The SMILES string of the molecule is CP(=O)(O)CO[C@H](CO)Cn1cnc2c(=O)[nH]c(N)nc21. The fourth-order valence-corrected chi connectivity index (χ4v) is 2.22. The molecule has 0 aromatic carbocycles. The fourth-order valence-electron chi connectivity index (χ4n) is 1.73. The van der Waals surface area contributed by atoms with Crippen molar-refractivity contribution in [2.75, 3.05) is 25.4 Å². The van der Waals surface area contributed by atoms with Gasteiger partial charge in [-0.05, 0) is 0 Å². The topological polar surface area (TPSA) is 156 Å². The first-order valence-corrected chi connectivity index (χ1v) is 8.32. The summed E-state index contributed by atoms with van der Waals surface area (Å²) in [7, 11) is -3.34. The second kappa shape index (κ2) is 5.94. The number of aromatic amines is 1. The number of nitrogens with zero attached hydrogens (tertiary/aromatic N) is 3. The zero-order valence-corrected chi connectivity index (χ0v) is 12.2. The van der Waals surface area contributed by atoms with Crippen molar-refractivity contribution in [3.8, 4) is 0 Å². The summed E-state index contributed by atoms with van der Waals surface area (Å²) in [4.78, 5) is 31.0. The van der Waals surface area contributed by atoms with E-state index in [-0.39, 0.29) is 36.6 Å². The highest BCUT2D eigenvalue weighted by atomic mass is 31.2. The summed E-state index contributed by atoms with van der Waals surface area (Å²) in [5.74, 6) is -0.0517. The fraction of sp³-hybridized carbons (Fsp3) is 0.500. The molecule has 0 amide bonds. The Hall–Kier alpha value is -1.74. The quantitative estimate of drug-likeness (QED) is 0.491. The summed E-state index contributed by atoms with van der Waals surface area (Å²) in [5, 5.41) is 9.26. The van der Waals surface area contributed by atoms with Gasteiger partial charge in [0.15, 0.2) is 11.2 Å². The van der Waals surface area contributed by atoms with Crippen molar-refractivity contribution in [1.82, 2.24) is 19.5 Å².